The lowest BCUT2D eigenvalue weighted by Crippen LogP contribution is -2.42. The maximum absolute atomic E-state index is 13.6. The van der Waals surface area contributed by atoms with Gasteiger partial charge in [0, 0.05) is 17.4 Å². The molecule has 0 fully saturated rings. The molecule has 1 aromatic carbocycles. The lowest BCUT2D eigenvalue weighted by molar-refractivity contribution is 0.0939. The first-order valence-corrected chi connectivity index (χ1v) is 7.29. The number of rotatable bonds is 4. The van der Waals surface area contributed by atoms with Crippen LogP contribution in [0.3, 0.4) is 0 Å². The average molecular weight is 331 g/mol. The molecule has 0 atom stereocenters. The van der Waals surface area contributed by atoms with E-state index in [1.807, 2.05) is 5.43 Å². The molecular weight excluding hydrogens is 323 g/mol. The smallest absolute Gasteiger partial charge is 0.272 e. The SMILES string of the molecule is O=C(NNS(=O)(=O)c1ccc(Cl)cc1F)c1cnccn1. The van der Waals surface area contributed by atoms with E-state index in [2.05, 4.69) is 9.97 Å². The van der Waals surface area contributed by atoms with Crippen LogP contribution >= 0.6 is 11.6 Å². The second-order valence-electron chi connectivity index (χ2n) is 3.73. The van der Waals surface area contributed by atoms with Crippen LogP contribution in [0.25, 0.3) is 0 Å². The molecule has 0 saturated heterocycles. The first-order chi connectivity index (χ1) is 9.90. The molecule has 2 rings (SSSR count). The third-order valence-corrected chi connectivity index (χ3v) is 3.79. The van der Waals surface area contributed by atoms with Gasteiger partial charge in [-0.15, -0.1) is 4.83 Å². The third kappa shape index (κ3) is 3.72. The van der Waals surface area contributed by atoms with Crippen molar-refractivity contribution in [3.05, 3.63) is 53.3 Å². The number of carbonyl (C=O) groups is 1. The van der Waals surface area contributed by atoms with Gasteiger partial charge in [-0.25, -0.2) is 17.8 Å². The summed E-state index contributed by atoms with van der Waals surface area (Å²) in [5, 5.41) is 0.0510. The maximum Gasteiger partial charge on any atom is 0.286 e. The van der Waals surface area contributed by atoms with Crippen molar-refractivity contribution in [2.45, 2.75) is 4.90 Å². The number of nitrogens with one attached hydrogen (secondary N) is 2. The van der Waals surface area contributed by atoms with Crippen molar-refractivity contribution in [2.24, 2.45) is 0 Å². The Balaban J connectivity index is 2.13. The molecule has 0 aliphatic rings. The Kier molecular flexibility index (Phi) is 4.46. The maximum atomic E-state index is 13.6. The van der Waals surface area contributed by atoms with Crippen LogP contribution < -0.4 is 10.3 Å². The Morgan fingerprint density at radius 1 is 1.29 bits per heavy atom. The predicted molar refractivity (Wildman–Crippen MR) is 71.2 cm³/mol. The van der Waals surface area contributed by atoms with Gasteiger partial charge in [0.25, 0.3) is 15.9 Å². The number of aromatic nitrogens is 2. The summed E-state index contributed by atoms with van der Waals surface area (Å²) in [5.41, 5.74) is 1.80. The molecule has 0 unspecified atom stereocenters. The summed E-state index contributed by atoms with van der Waals surface area (Å²) in [6.45, 7) is 0. The minimum absolute atomic E-state index is 0.0510. The molecule has 7 nitrogen and oxygen atoms in total. The quantitative estimate of drug-likeness (QED) is 0.811. The molecule has 0 aliphatic carbocycles. The van der Waals surface area contributed by atoms with Crippen LogP contribution in [-0.2, 0) is 10.0 Å². The minimum Gasteiger partial charge on any atom is -0.272 e. The Morgan fingerprint density at radius 3 is 2.67 bits per heavy atom. The van der Waals surface area contributed by atoms with Crippen LogP contribution in [0.2, 0.25) is 5.02 Å². The molecule has 1 heterocycles. The predicted octanol–water partition coefficient (Wildman–Crippen LogP) is 0.892. The molecule has 2 N–H and O–H groups in total. The summed E-state index contributed by atoms with van der Waals surface area (Å²) in [7, 11) is -4.27. The number of nitrogens with zero attached hydrogens (tertiary/aromatic N) is 2. The van der Waals surface area contributed by atoms with Crippen LogP contribution in [0.4, 0.5) is 4.39 Å². The van der Waals surface area contributed by atoms with E-state index in [-0.39, 0.29) is 10.7 Å². The van der Waals surface area contributed by atoms with Crippen molar-refractivity contribution in [2.75, 3.05) is 0 Å². The summed E-state index contributed by atoms with van der Waals surface area (Å²) >= 11 is 5.53. The molecule has 10 heteroatoms. The van der Waals surface area contributed by atoms with E-state index >= 15 is 0 Å². The second-order valence-corrected chi connectivity index (χ2v) is 5.81. The van der Waals surface area contributed by atoms with Gasteiger partial charge in [-0.2, -0.15) is 0 Å². The van der Waals surface area contributed by atoms with Gasteiger partial charge < -0.3 is 0 Å². The Labute approximate surface area is 124 Å². The molecule has 110 valence electrons. The van der Waals surface area contributed by atoms with E-state index < -0.39 is 26.6 Å². The third-order valence-electron chi connectivity index (χ3n) is 2.28. The average Bonchev–Trinajstić information content (AvgIpc) is 2.45. The van der Waals surface area contributed by atoms with E-state index in [0.717, 1.165) is 18.3 Å². The molecular formula is C11H8ClFN4O3S. The highest BCUT2D eigenvalue weighted by atomic mass is 35.5. The first kappa shape index (κ1) is 15.3. The van der Waals surface area contributed by atoms with E-state index in [4.69, 9.17) is 11.6 Å². The molecule has 0 bridgehead atoms. The van der Waals surface area contributed by atoms with Crippen molar-refractivity contribution in [3.8, 4) is 0 Å². The molecule has 2 aromatic rings. The van der Waals surface area contributed by atoms with Crippen molar-refractivity contribution >= 4 is 27.5 Å². The molecule has 1 aromatic heterocycles. The summed E-state index contributed by atoms with van der Waals surface area (Å²) in [6, 6.07) is 3.04. The van der Waals surface area contributed by atoms with Crippen molar-refractivity contribution in [1.29, 1.82) is 0 Å². The fraction of sp³-hybridized carbons (Fsp3) is 0. The highest BCUT2D eigenvalue weighted by Gasteiger charge is 2.20. The van der Waals surface area contributed by atoms with Crippen LogP contribution in [0.1, 0.15) is 10.5 Å². The summed E-state index contributed by atoms with van der Waals surface area (Å²) in [5.74, 6) is -1.87. The fourth-order valence-corrected chi connectivity index (χ4v) is 2.40. The van der Waals surface area contributed by atoms with Crippen LogP contribution in [0.5, 0.6) is 0 Å². The molecule has 1 amide bonds. The van der Waals surface area contributed by atoms with Crippen molar-refractivity contribution in [3.63, 3.8) is 0 Å². The Hall–Kier alpha value is -2.10. The van der Waals surface area contributed by atoms with E-state index in [1.54, 1.807) is 4.83 Å². The van der Waals surface area contributed by atoms with Gasteiger partial charge in [0.1, 0.15) is 16.4 Å². The summed E-state index contributed by atoms with van der Waals surface area (Å²) in [6.07, 6.45) is 3.76. The number of benzene rings is 1. The van der Waals surface area contributed by atoms with Crippen LogP contribution in [0.15, 0.2) is 41.7 Å². The summed E-state index contributed by atoms with van der Waals surface area (Å²) < 4.78 is 37.3. The minimum atomic E-state index is -4.27. The lowest BCUT2D eigenvalue weighted by Gasteiger charge is -2.08. The zero-order valence-electron chi connectivity index (χ0n) is 10.2. The van der Waals surface area contributed by atoms with Crippen LogP contribution in [0, 0.1) is 5.82 Å². The number of hydrogen-bond donors (Lipinski definition) is 2. The number of carbonyl (C=O) groups excluding carboxylic acids is 1. The normalized spacial score (nSPS) is 11.1. The van der Waals surface area contributed by atoms with Gasteiger partial charge in [-0.1, -0.05) is 11.6 Å². The molecule has 0 aliphatic heterocycles. The van der Waals surface area contributed by atoms with Gasteiger partial charge in [0.15, 0.2) is 0 Å². The van der Waals surface area contributed by atoms with Crippen molar-refractivity contribution < 1.29 is 17.6 Å². The zero-order chi connectivity index (χ0) is 15.5. The highest BCUT2D eigenvalue weighted by Crippen LogP contribution is 2.18. The van der Waals surface area contributed by atoms with Gasteiger partial charge in [-0.05, 0) is 18.2 Å². The molecule has 0 spiro atoms. The zero-order valence-corrected chi connectivity index (χ0v) is 11.8. The number of hydrazine groups is 1. The summed E-state index contributed by atoms with van der Waals surface area (Å²) in [4.78, 5) is 20.1. The van der Waals surface area contributed by atoms with Crippen molar-refractivity contribution in [1.82, 2.24) is 20.2 Å². The molecule has 0 radical (unpaired) electrons. The van der Waals surface area contributed by atoms with Gasteiger partial charge in [0.05, 0.1) is 6.20 Å². The number of halogens is 2. The fourth-order valence-electron chi connectivity index (χ4n) is 1.34. The van der Waals surface area contributed by atoms with Crippen LogP contribution in [-0.4, -0.2) is 24.3 Å². The molecule has 21 heavy (non-hydrogen) atoms. The van der Waals surface area contributed by atoms with Gasteiger partial charge in [0.2, 0.25) is 0 Å². The number of amides is 1. The monoisotopic (exact) mass is 330 g/mol. The van der Waals surface area contributed by atoms with E-state index in [0.29, 0.717) is 0 Å². The lowest BCUT2D eigenvalue weighted by atomic mass is 10.3. The Morgan fingerprint density at radius 2 is 2.05 bits per heavy atom. The van der Waals surface area contributed by atoms with E-state index in [1.165, 1.54) is 18.5 Å². The van der Waals surface area contributed by atoms with Gasteiger partial charge >= 0.3 is 0 Å². The largest absolute Gasteiger partial charge is 0.286 e. The first-order valence-electron chi connectivity index (χ1n) is 5.43. The second kappa shape index (κ2) is 6.12. The number of hydrogen-bond acceptors (Lipinski definition) is 5. The standard InChI is InChI=1S/C11H8ClFN4O3S/c12-7-1-2-10(8(13)5-7)21(19,20)17-16-11(18)9-6-14-3-4-15-9/h1-6,17H,(H,16,18). The topological polar surface area (TPSA) is 101 Å². The number of sulfonamides is 1. The van der Waals surface area contributed by atoms with E-state index in [9.17, 15) is 17.6 Å². The Bertz CT molecular complexity index is 770. The highest BCUT2D eigenvalue weighted by molar-refractivity contribution is 7.89. The van der Waals surface area contributed by atoms with Gasteiger partial charge in [-0.3, -0.25) is 15.2 Å². The molecule has 0 saturated carbocycles.